The van der Waals surface area contributed by atoms with Gasteiger partial charge in [-0.25, -0.2) is 9.97 Å². The zero-order valence-corrected chi connectivity index (χ0v) is 18.4. The first-order chi connectivity index (χ1) is 12.2. The first kappa shape index (κ1) is 19.9. The molecule has 0 amide bonds. The Bertz CT molecular complexity index is 770. The molecule has 0 saturated heterocycles. The first-order valence-electron chi connectivity index (χ1n) is 9.41. The lowest BCUT2D eigenvalue weighted by atomic mass is 9.94. The molecule has 0 saturated carbocycles. The summed E-state index contributed by atoms with van der Waals surface area (Å²) in [6, 6.07) is 0. The number of nitrogens with zero attached hydrogens (tertiary/aromatic N) is 2. The van der Waals surface area contributed by atoms with Crippen molar-refractivity contribution in [1.29, 1.82) is 0 Å². The van der Waals surface area contributed by atoms with Crippen molar-refractivity contribution in [3.05, 3.63) is 10.4 Å². The summed E-state index contributed by atoms with van der Waals surface area (Å²) in [4.78, 5) is 13.6. The summed E-state index contributed by atoms with van der Waals surface area (Å²) in [7, 11) is 4.38. The molecule has 0 fully saturated rings. The van der Waals surface area contributed by atoms with Crippen LogP contribution in [0, 0.1) is 0 Å². The minimum atomic E-state index is -0.127. The Morgan fingerprint density at radius 2 is 2.08 bits per heavy atom. The van der Waals surface area contributed by atoms with E-state index in [2.05, 4.69) is 47.1 Å². The fourth-order valence-corrected chi connectivity index (χ4v) is 5.04. The molecule has 0 aromatic carbocycles. The average molecular weight is 396 g/mol. The highest BCUT2D eigenvalue weighted by Crippen LogP contribution is 2.41. The molecule has 2 N–H and O–H groups in total. The molecular formula is C19H31N4OS2+. The fourth-order valence-electron chi connectivity index (χ4n) is 3.17. The van der Waals surface area contributed by atoms with Crippen LogP contribution < -0.4 is 10.2 Å². The lowest BCUT2D eigenvalue weighted by Gasteiger charge is -2.30. The van der Waals surface area contributed by atoms with Gasteiger partial charge in [-0.05, 0) is 19.4 Å². The first-order valence-corrected chi connectivity index (χ1v) is 11.1. The van der Waals surface area contributed by atoms with E-state index < -0.39 is 0 Å². The van der Waals surface area contributed by atoms with Crippen molar-refractivity contribution in [3.8, 4) is 0 Å². The maximum Gasteiger partial charge on any atom is 0.191 e. The van der Waals surface area contributed by atoms with Crippen molar-refractivity contribution < 1.29 is 9.64 Å². The second-order valence-corrected chi connectivity index (χ2v) is 10.8. The Morgan fingerprint density at radius 1 is 1.31 bits per heavy atom. The van der Waals surface area contributed by atoms with Gasteiger partial charge in [0.05, 0.1) is 38.2 Å². The van der Waals surface area contributed by atoms with E-state index in [4.69, 9.17) is 14.7 Å². The zero-order valence-electron chi connectivity index (χ0n) is 16.7. The minimum Gasteiger partial charge on any atom is -0.370 e. The predicted octanol–water partition coefficient (Wildman–Crippen LogP) is 2.99. The Hall–Kier alpha value is -0.890. The highest BCUT2D eigenvalue weighted by molar-refractivity contribution is 7.99. The number of hydrogen-bond acceptors (Lipinski definition) is 6. The van der Waals surface area contributed by atoms with Gasteiger partial charge in [0.15, 0.2) is 5.16 Å². The SMILES string of the molecule is CC(C)Sc1nc(NCCC[NH+](C)C)c2c3c(sc2n1)COC(C)(C)C3. The molecule has 1 aliphatic heterocycles. The molecule has 2 aromatic rings. The van der Waals surface area contributed by atoms with Gasteiger partial charge in [-0.3, -0.25) is 0 Å². The van der Waals surface area contributed by atoms with Gasteiger partial charge in [0, 0.05) is 29.5 Å². The number of aromatic nitrogens is 2. The lowest BCUT2D eigenvalue weighted by Crippen LogP contribution is -3.05. The van der Waals surface area contributed by atoms with Crippen LogP contribution in [0.5, 0.6) is 0 Å². The zero-order chi connectivity index (χ0) is 18.9. The number of thiophene rings is 1. The van der Waals surface area contributed by atoms with Crippen LogP contribution in [-0.2, 0) is 17.8 Å². The Labute approximate surface area is 164 Å². The van der Waals surface area contributed by atoms with Crippen LogP contribution in [0.4, 0.5) is 5.82 Å². The summed E-state index contributed by atoms with van der Waals surface area (Å²) in [6.45, 7) is 11.5. The van der Waals surface area contributed by atoms with Gasteiger partial charge < -0.3 is 15.0 Å². The second-order valence-electron chi connectivity index (χ2n) is 8.17. The van der Waals surface area contributed by atoms with Gasteiger partial charge in [0.25, 0.3) is 0 Å². The summed E-state index contributed by atoms with van der Waals surface area (Å²) >= 11 is 3.49. The molecule has 0 unspecified atom stereocenters. The molecule has 0 aliphatic carbocycles. The molecule has 0 atom stereocenters. The van der Waals surface area contributed by atoms with Crippen molar-refractivity contribution in [1.82, 2.24) is 9.97 Å². The van der Waals surface area contributed by atoms with Gasteiger partial charge in [-0.2, -0.15) is 0 Å². The van der Waals surface area contributed by atoms with Crippen LogP contribution in [0.1, 0.15) is 44.6 Å². The third kappa shape index (κ3) is 4.68. The number of hydrogen-bond donors (Lipinski definition) is 2. The number of nitrogens with one attached hydrogen (secondary N) is 2. The van der Waals surface area contributed by atoms with Gasteiger partial charge in [-0.1, -0.05) is 25.6 Å². The summed E-state index contributed by atoms with van der Waals surface area (Å²) in [5, 5.41) is 6.16. The largest absolute Gasteiger partial charge is 0.370 e. The minimum absolute atomic E-state index is 0.127. The molecule has 7 heteroatoms. The van der Waals surface area contributed by atoms with Gasteiger partial charge in [0.1, 0.15) is 10.6 Å². The van der Waals surface area contributed by atoms with Gasteiger partial charge >= 0.3 is 0 Å². The summed E-state index contributed by atoms with van der Waals surface area (Å²) in [6.07, 6.45) is 2.04. The monoisotopic (exact) mass is 395 g/mol. The molecule has 0 bridgehead atoms. The normalized spacial score (nSPS) is 16.5. The maximum atomic E-state index is 6.01. The molecule has 0 spiro atoms. The van der Waals surface area contributed by atoms with Crippen LogP contribution in [0.15, 0.2) is 5.16 Å². The number of ether oxygens (including phenoxy) is 1. The van der Waals surface area contributed by atoms with E-state index in [1.165, 1.54) is 20.7 Å². The van der Waals surface area contributed by atoms with Gasteiger partial charge in [0.2, 0.25) is 0 Å². The van der Waals surface area contributed by atoms with Crippen molar-refractivity contribution >= 4 is 39.1 Å². The highest BCUT2D eigenvalue weighted by atomic mass is 32.2. The third-order valence-corrected chi connectivity index (χ3v) is 6.36. The molecule has 26 heavy (non-hydrogen) atoms. The quantitative estimate of drug-likeness (QED) is 0.429. The van der Waals surface area contributed by atoms with Crippen LogP contribution in [0.2, 0.25) is 0 Å². The molecule has 1 aliphatic rings. The van der Waals surface area contributed by atoms with Crippen molar-refractivity contribution in [2.24, 2.45) is 0 Å². The summed E-state index contributed by atoms with van der Waals surface area (Å²) in [5.74, 6) is 1.00. The van der Waals surface area contributed by atoms with Crippen LogP contribution in [0.3, 0.4) is 0 Å². The van der Waals surface area contributed by atoms with Crippen LogP contribution in [0.25, 0.3) is 10.2 Å². The van der Waals surface area contributed by atoms with Crippen LogP contribution in [-0.4, -0.2) is 48.0 Å². The number of rotatable bonds is 7. The van der Waals surface area contributed by atoms with Crippen molar-refractivity contribution in [2.45, 2.75) is 63.2 Å². The predicted molar refractivity (Wildman–Crippen MR) is 112 cm³/mol. The third-order valence-electron chi connectivity index (χ3n) is 4.40. The number of quaternary nitrogens is 1. The number of thioether (sulfide) groups is 1. The number of anilines is 1. The van der Waals surface area contributed by atoms with Gasteiger partial charge in [-0.15, -0.1) is 11.3 Å². The molecule has 0 radical (unpaired) electrons. The van der Waals surface area contributed by atoms with Crippen molar-refractivity contribution in [3.63, 3.8) is 0 Å². The highest BCUT2D eigenvalue weighted by Gasteiger charge is 2.31. The molecular weight excluding hydrogens is 364 g/mol. The summed E-state index contributed by atoms with van der Waals surface area (Å²) in [5.41, 5.74) is 1.25. The second kappa shape index (κ2) is 8.00. The maximum absolute atomic E-state index is 6.01. The van der Waals surface area contributed by atoms with E-state index in [1.807, 2.05) is 0 Å². The Balaban J connectivity index is 1.96. The van der Waals surface area contributed by atoms with Crippen molar-refractivity contribution in [2.75, 3.05) is 32.5 Å². The van der Waals surface area contributed by atoms with E-state index >= 15 is 0 Å². The van der Waals surface area contributed by atoms with Crippen LogP contribution >= 0.6 is 23.1 Å². The van der Waals surface area contributed by atoms with E-state index in [9.17, 15) is 0 Å². The molecule has 3 heterocycles. The lowest BCUT2D eigenvalue weighted by molar-refractivity contribution is -0.858. The summed E-state index contributed by atoms with van der Waals surface area (Å²) < 4.78 is 6.01. The molecule has 5 nitrogen and oxygen atoms in total. The van der Waals surface area contributed by atoms with E-state index in [0.29, 0.717) is 11.9 Å². The van der Waals surface area contributed by atoms with E-state index in [1.54, 1.807) is 23.1 Å². The topological polar surface area (TPSA) is 51.5 Å². The van der Waals surface area contributed by atoms with E-state index in [0.717, 1.165) is 41.7 Å². The fraction of sp³-hybridized carbons (Fsp3) is 0.684. The average Bonchev–Trinajstić information content (AvgIpc) is 2.87. The Morgan fingerprint density at radius 3 is 2.77 bits per heavy atom. The Kier molecular flexibility index (Phi) is 6.11. The molecule has 2 aromatic heterocycles. The smallest absolute Gasteiger partial charge is 0.191 e. The standard InChI is InChI=1S/C19H30N4OS2/c1-12(2)25-18-21-16(20-8-7-9-23(5)6)15-13-10-19(3,4)24-11-14(13)26-17(15)22-18/h12H,7-11H2,1-6H3,(H,20,21,22)/p+1. The molecule has 3 rings (SSSR count). The number of fused-ring (bicyclic) bond motifs is 3. The van der Waals surface area contributed by atoms with E-state index in [-0.39, 0.29) is 5.60 Å². The molecule has 144 valence electrons.